The number of ether oxygens (including phenoxy) is 2. The zero-order valence-corrected chi connectivity index (χ0v) is 15.0. The highest BCUT2D eigenvalue weighted by Crippen LogP contribution is 2.20. The third-order valence-electron chi connectivity index (χ3n) is 2.94. The molecule has 0 heterocycles. The van der Waals surface area contributed by atoms with Crippen LogP contribution < -0.4 is 14.9 Å². The molecule has 0 unspecified atom stereocenters. The quantitative estimate of drug-likeness (QED) is 0.441. The summed E-state index contributed by atoms with van der Waals surface area (Å²) < 4.78 is 11.6. The molecular formula is C17H17IN2O3. The summed E-state index contributed by atoms with van der Waals surface area (Å²) in [5, 5.41) is 3.92. The molecule has 2 aromatic carbocycles. The van der Waals surface area contributed by atoms with Gasteiger partial charge in [0, 0.05) is 0 Å². The molecule has 6 heteroatoms. The number of benzene rings is 2. The van der Waals surface area contributed by atoms with Crippen LogP contribution in [-0.4, -0.2) is 25.8 Å². The van der Waals surface area contributed by atoms with Gasteiger partial charge < -0.3 is 9.47 Å². The molecule has 0 bridgehead atoms. The molecule has 1 N–H and O–H groups in total. The summed E-state index contributed by atoms with van der Waals surface area (Å²) in [7, 11) is 1.62. The number of nitrogens with zero attached hydrogens (tertiary/aromatic N) is 1. The SMILES string of the molecule is COc1ccc(/C=N\NC(=O)COc2cccc(C)c2)cc1I. The third-order valence-corrected chi connectivity index (χ3v) is 3.78. The van der Waals surface area contributed by atoms with Crippen LogP contribution in [0.5, 0.6) is 11.5 Å². The zero-order valence-electron chi connectivity index (χ0n) is 12.9. The molecule has 5 nitrogen and oxygen atoms in total. The van der Waals surface area contributed by atoms with E-state index in [4.69, 9.17) is 9.47 Å². The number of aryl methyl sites for hydroxylation is 1. The maximum Gasteiger partial charge on any atom is 0.277 e. The minimum atomic E-state index is -0.314. The lowest BCUT2D eigenvalue weighted by molar-refractivity contribution is -0.123. The Balaban J connectivity index is 1.83. The third kappa shape index (κ3) is 5.55. The number of hydrazone groups is 1. The predicted molar refractivity (Wildman–Crippen MR) is 98.1 cm³/mol. The van der Waals surface area contributed by atoms with Gasteiger partial charge in [0.05, 0.1) is 16.9 Å². The Morgan fingerprint density at radius 2 is 2.13 bits per heavy atom. The van der Waals surface area contributed by atoms with E-state index in [1.807, 2.05) is 49.4 Å². The van der Waals surface area contributed by atoms with Gasteiger partial charge in [0.15, 0.2) is 6.61 Å². The second-order valence-electron chi connectivity index (χ2n) is 4.79. The Morgan fingerprint density at radius 1 is 1.30 bits per heavy atom. The first-order chi connectivity index (χ1) is 11.1. The van der Waals surface area contributed by atoms with Crippen molar-refractivity contribution >= 4 is 34.7 Å². The molecule has 0 aliphatic heterocycles. The van der Waals surface area contributed by atoms with Crippen molar-refractivity contribution in [3.63, 3.8) is 0 Å². The molecular weight excluding hydrogens is 407 g/mol. The van der Waals surface area contributed by atoms with Crippen molar-refractivity contribution in [2.75, 3.05) is 13.7 Å². The zero-order chi connectivity index (χ0) is 16.7. The van der Waals surface area contributed by atoms with Gasteiger partial charge in [-0.15, -0.1) is 0 Å². The van der Waals surface area contributed by atoms with Crippen LogP contribution in [0.15, 0.2) is 47.6 Å². The Kier molecular flexibility index (Phi) is 6.40. The summed E-state index contributed by atoms with van der Waals surface area (Å²) in [6.07, 6.45) is 1.58. The lowest BCUT2D eigenvalue weighted by Gasteiger charge is -2.05. The van der Waals surface area contributed by atoms with Crippen LogP contribution in [0.3, 0.4) is 0 Å². The summed E-state index contributed by atoms with van der Waals surface area (Å²) in [5.74, 6) is 1.15. The number of carbonyl (C=O) groups is 1. The highest BCUT2D eigenvalue weighted by molar-refractivity contribution is 14.1. The smallest absolute Gasteiger partial charge is 0.277 e. The van der Waals surface area contributed by atoms with Gasteiger partial charge in [0.2, 0.25) is 0 Å². The van der Waals surface area contributed by atoms with Crippen molar-refractivity contribution in [2.45, 2.75) is 6.92 Å². The molecule has 0 radical (unpaired) electrons. The standard InChI is InChI=1S/C17H17IN2O3/c1-12-4-3-5-14(8-12)23-11-17(21)20-19-10-13-6-7-16(22-2)15(18)9-13/h3-10H,11H2,1-2H3,(H,20,21)/b19-10-. The van der Waals surface area contributed by atoms with Gasteiger partial charge in [0.1, 0.15) is 11.5 Å². The van der Waals surface area contributed by atoms with Crippen LogP contribution >= 0.6 is 22.6 Å². The lowest BCUT2D eigenvalue weighted by atomic mass is 10.2. The second kappa shape index (κ2) is 8.52. The Labute approximate surface area is 148 Å². The molecule has 0 aromatic heterocycles. The van der Waals surface area contributed by atoms with E-state index in [0.29, 0.717) is 5.75 Å². The van der Waals surface area contributed by atoms with Gasteiger partial charge in [-0.05, 0) is 71.0 Å². The Morgan fingerprint density at radius 3 is 2.83 bits per heavy atom. The fourth-order valence-electron chi connectivity index (χ4n) is 1.83. The predicted octanol–water partition coefficient (Wildman–Crippen LogP) is 3.14. The maximum absolute atomic E-state index is 11.7. The molecule has 2 rings (SSSR count). The average molecular weight is 424 g/mol. The highest BCUT2D eigenvalue weighted by Gasteiger charge is 2.02. The molecule has 23 heavy (non-hydrogen) atoms. The normalized spacial score (nSPS) is 10.6. The minimum absolute atomic E-state index is 0.0824. The van der Waals surface area contributed by atoms with Gasteiger partial charge in [0.25, 0.3) is 5.91 Å². The van der Waals surface area contributed by atoms with E-state index in [2.05, 4.69) is 33.1 Å². The highest BCUT2D eigenvalue weighted by atomic mass is 127. The van der Waals surface area contributed by atoms with Crippen LogP contribution in [0.4, 0.5) is 0 Å². The monoisotopic (exact) mass is 424 g/mol. The van der Waals surface area contributed by atoms with E-state index in [9.17, 15) is 4.79 Å². The van der Waals surface area contributed by atoms with Crippen LogP contribution in [0.25, 0.3) is 0 Å². The summed E-state index contributed by atoms with van der Waals surface area (Å²) >= 11 is 2.18. The molecule has 0 spiro atoms. The van der Waals surface area contributed by atoms with Crippen LogP contribution in [0, 0.1) is 10.5 Å². The molecule has 0 saturated carbocycles. The fraction of sp³-hybridized carbons (Fsp3) is 0.176. The van der Waals surface area contributed by atoms with E-state index in [0.717, 1.165) is 20.4 Å². The van der Waals surface area contributed by atoms with Gasteiger partial charge >= 0.3 is 0 Å². The molecule has 120 valence electrons. The number of nitrogens with one attached hydrogen (secondary N) is 1. The molecule has 1 amide bonds. The van der Waals surface area contributed by atoms with Crippen molar-refractivity contribution in [3.8, 4) is 11.5 Å². The van der Waals surface area contributed by atoms with Gasteiger partial charge in [-0.1, -0.05) is 12.1 Å². The number of methoxy groups -OCH3 is 1. The van der Waals surface area contributed by atoms with Crippen molar-refractivity contribution in [1.82, 2.24) is 5.43 Å². The van der Waals surface area contributed by atoms with Crippen LogP contribution in [0.1, 0.15) is 11.1 Å². The second-order valence-corrected chi connectivity index (χ2v) is 5.95. The molecule has 0 saturated heterocycles. The van der Waals surface area contributed by atoms with Crippen molar-refractivity contribution in [2.24, 2.45) is 5.10 Å². The summed E-state index contributed by atoms with van der Waals surface area (Å²) in [5.41, 5.74) is 4.39. The van der Waals surface area contributed by atoms with E-state index in [1.165, 1.54) is 0 Å². The van der Waals surface area contributed by atoms with Crippen LogP contribution in [-0.2, 0) is 4.79 Å². The molecule has 0 aliphatic carbocycles. The van der Waals surface area contributed by atoms with E-state index in [1.54, 1.807) is 13.3 Å². The molecule has 0 atom stereocenters. The summed E-state index contributed by atoms with van der Waals surface area (Å²) in [6.45, 7) is 1.88. The number of amides is 1. The Hall–Kier alpha value is -2.09. The lowest BCUT2D eigenvalue weighted by Crippen LogP contribution is -2.24. The van der Waals surface area contributed by atoms with Crippen molar-refractivity contribution in [1.29, 1.82) is 0 Å². The number of carbonyl (C=O) groups excluding carboxylic acids is 1. The Bertz CT molecular complexity index is 717. The number of rotatable bonds is 6. The molecule has 2 aromatic rings. The van der Waals surface area contributed by atoms with E-state index < -0.39 is 0 Å². The molecule has 0 aliphatic rings. The average Bonchev–Trinajstić information content (AvgIpc) is 2.53. The first-order valence-electron chi connectivity index (χ1n) is 6.93. The maximum atomic E-state index is 11.7. The number of hydrogen-bond acceptors (Lipinski definition) is 4. The fourth-order valence-corrected chi connectivity index (χ4v) is 2.59. The van der Waals surface area contributed by atoms with Crippen molar-refractivity contribution in [3.05, 3.63) is 57.2 Å². The van der Waals surface area contributed by atoms with E-state index >= 15 is 0 Å². The topological polar surface area (TPSA) is 59.9 Å². The first kappa shape index (κ1) is 17.3. The number of hydrogen-bond donors (Lipinski definition) is 1. The van der Waals surface area contributed by atoms with Gasteiger partial charge in [-0.25, -0.2) is 5.43 Å². The number of halogens is 1. The van der Waals surface area contributed by atoms with Crippen LogP contribution in [0.2, 0.25) is 0 Å². The summed E-state index contributed by atoms with van der Waals surface area (Å²) in [6, 6.07) is 13.2. The van der Waals surface area contributed by atoms with Gasteiger partial charge in [-0.3, -0.25) is 4.79 Å². The van der Waals surface area contributed by atoms with Crippen molar-refractivity contribution < 1.29 is 14.3 Å². The largest absolute Gasteiger partial charge is 0.496 e. The summed E-state index contributed by atoms with van der Waals surface area (Å²) in [4.78, 5) is 11.7. The first-order valence-corrected chi connectivity index (χ1v) is 8.01. The minimum Gasteiger partial charge on any atom is -0.496 e. The van der Waals surface area contributed by atoms with E-state index in [-0.39, 0.29) is 12.5 Å². The molecule has 0 fully saturated rings. The van der Waals surface area contributed by atoms with Gasteiger partial charge in [-0.2, -0.15) is 5.10 Å².